The van der Waals surface area contributed by atoms with Crippen molar-refractivity contribution < 1.29 is 4.79 Å². The van der Waals surface area contributed by atoms with E-state index in [1.165, 1.54) is 0 Å². The van der Waals surface area contributed by atoms with Crippen LogP contribution in [0, 0.1) is 5.92 Å². The summed E-state index contributed by atoms with van der Waals surface area (Å²) in [6.45, 7) is 2.18. The van der Waals surface area contributed by atoms with Gasteiger partial charge in [-0.1, -0.05) is 0 Å². The molecule has 0 aromatic carbocycles. The maximum atomic E-state index is 11.7. The van der Waals surface area contributed by atoms with Crippen molar-refractivity contribution in [2.75, 3.05) is 25.5 Å². The lowest BCUT2D eigenvalue weighted by Gasteiger charge is -2.09. The Balaban J connectivity index is 1.78. The van der Waals surface area contributed by atoms with Gasteiger partial charge in [0.05, 0.1) is 5.00 Å². The van der Waals surface area contributed by atoms with E-state index in [1.807, 2.05) is 17.5 Å². The van der Waals surface area contributed by atoms with E-state index in [0.29, 0.717) is 12.3 Å². The molecule has 1 N–H and O–H groups in total. The zero-order valence-electron chi connectivity index (χ0n) is 8.90. The Morgan fingerprint density at radius 2 is 2.60 bits per heavy atom. The molecule has 0 spiro atoms. The summed E-state index contributed by atoms with van der Waals surface area (Å²) in [7, 11) is 2.11. The molecule has 0 radical (unpaired) electrons. The Labute approximate surface area is 94.1 Å². The molecule has 82 valence electrons. The van der Waals surface area contributed by atoms with Crippen molar-refractivity contribution in [2.24, 2.45) is 5.92 Å². The van der Waals surface area contributed by atoms with Crippen LogP contribution in [0.4, 0.5) is 5.00 Å². The highest BCUT2D eigenvalue weighted by molar-refractivity contribution is 7.14. The lowest BCUT2D eigenvalue weighted by Crippen LogP contribution is -2.19. The summed E-state index contributed by atoms with van der Waals surface area (Å²) < 4.78 is 0. The summed E-state index contributed by atoms with van der Waals surface area (Å²) >= 11 is 1.57. The molecular formula is C11H16N2OS. The normalized spacial score (nSPS) is 21.8. The van der Waals surface area contributed by atoms with Crippen LogP contribution >= 0.6 is 11.3 Å². The average molecular weight is 224 g/mol. The van der Waals surface area contributed by atoms with Gasteiger partial charge in [0, 0.05) is 13.0 Å². The standard InChI is InChI=1S/C11H16N2OS/c1-13-5-4-9(8-13)7-10(14)12-11-3-2-6-15-11/h2-3,6,9H,4-5,7-8H2,1H3,(H,12,14)/t9-/m0/s1. The highest BCUT2D eigenvalue weighted by atomic mass is 32.1. The van der Waals surface area contributed by atoms with Gasteiger partial charge in [-0.25, -0.2) is 0 Å². The van der Waals surface area contributed by atoms with E-state index in [9.17, 15) is 4.79 Å². The van der Waals surface area contributed by atoms with E-state index in [2.05, 4.69) is 17.3 Å². The van der Waals surface area contributed by atoms with Crippen LogP contribution in [0.15, 0.2) is 17.5 Å². The zero-order chi connectivity index (χ0) is 10.7. The van der Waals surface area contributed by atoms with Crippen molar-refractivity contribution in [3.63, 3.8) is 0 Å². The van der Waals surface area contributed by atoms with E-state index < -0.39 is 0 Å². The predicted octanol–water partition coefficient (Wildman–Crippen LogP) is 2.03. The lowest BCUT2D eigenvalue weighted by molar-refractivity contribution is -0.117. The molecule has 2 rings (SSSR count). The summed E-state index contributed by atoms with van der Waals surface area (Å²) in [5.74, 6) is 0.688. The highest BCUT2D eigenvalue weighted by Gasteiger charge is 2.21. The van der Waals surface area contributed by atoms with E-state index in [-0.39, 0.29) is 5.91 Å². The number of hydrogen-bond acceptors (Lipinski definition) is 3. The van der Waals surface area contributed by atoms with Gasteiger partial charge in [0.2, 0.25) is 5.91 Å². The molecule has 1 aliphatic rings. The molecule has 1 fully saturated rings. The molecule has 1 atom stereocenters. The fourth-order valence-corrected chi connectivity index (χ4v) is 2.63. The van der Waals surface area contributed by atoms with Crippen LogP contribution in [0.3, 0.4) is 0 Å². The number of likely N-dealkylation sites (tertiary alicyclic amines) is 1. The van der Waals surface area contributed by atoms with Gasteiger partial charge in [-0.3, -0.25) is 4.79 Å². The number of hydrogen-bond donors (Lipinski definition) is 1. The molecule has 0 saturated carbocycles. The average Bonchev–Trinajstić information content (AvgIpc) is 2.77. The molecule has 1 amide bonds. The van der Waals surface area contributed by atoms with Crippen LogP contribution in [-0.4, -0.2) is 30.9 Å². The number of rotatable bonds is 3. The number of thiophene rings is 1. The summed E-state index contributed by atoms with van der Waals surface area (Å²) in [5.41, 5.74) is 0. The van der Waals surface area contributed by atoms with Crippen molar-refractivity contribution >= 4 is 22.2 Å². The van der Waals surface area contributed by atoms with Crippen molar-refractivity contribution in [2.45, 2.75) is 12.8 Å². The first-order valence-corrected chi connectivity index (χ1v) is 6.14. The lowest BCUT2D eigenvalue weighted by atomic mass is 10.0. The largest absolute Gasteiger partial charge is 0.318 e. The molecule has 1 saturated heterocycles. The second kappa shape index (κ2) is 4.77. The first-order valence-electron chi connectivity index (χ1n) is 5.26. The summed E-state index contributed by atoms with van der Waals surface area (Å²) in [4.78, 5) is 13.9. The summed E-state index contributed by atoms with van der Waals surface area (Å²) in [5, 5.41) is 5.85. The Morgan fingerprint density at radius 3 is 3.20 bits per heavy atom. The first-order chi connectivity index (χ1) is 7.24. The zero-order valence-corrected chi connectivity index (χ0v) is 9.72. The van der Waals surface area contributed by atoms with Crippen LogP contribution in [0.2, 0.25) is 0 Å². The topological polar surface area (TPSA) is 32.3 Å². The second-order valence-corrected chi connectivity index (χ2v) is 5.09. The third-order valence-corrected chi connectivity index (χ3v) is 3.53. The van der Waals surface area contributed by atoms with E-state index in [1.54, 1.807) is 11.3 Å². The van der Waals surface area contributed by atoms with E-state index in [0.717, 1.165) is 24.5 Å². The van der Waals surface area contributed by atoms with Crippen molar-refractivity contribution in [3.8, 4) is 0 Å². The number of nitrogens with zero attached hydrogens (tertiary/aromatic N) is 1. The molecule has 2 heterocycles. The second-order valence-electron chi connectivity index (χ2n) is 4.15. The maximum Gasteiger partial charge on any atom is 0.225 e. The molecule has 1 aromatic heterocycles. The van der Waals surface area contributed by atoms with Gasteiger partial charge >= 0.3 is 0 Å². The quantitative estimate of drug-likeness (QED) is 0.852. The minimum absolute atomic E-state index is 0.151. The molecule has 3 nitrogen and oxygen atoms in total. The number of nitrogens with one attached hydrogen (secondary N) is 1. The summed E-state index contributed by atoms with van der Waals surface area (Å²) in [6.07, 6.45) is 1.80. The third kappa shape index (κ3) is 3.04. The fourth-order valence-electron chi connectivity index (χ4n) is 1.99. The number of carbonyl (C=O) groups excluding carboxylic acids is 1. The van der Waals surface area contributed by atoms with Gasteiger partial charge < -0.3 is 10.2 Å². The molecule has 0 aliphatic carbocycles. The molecule has 15 heavy (non-hydrogen) atoms. The van der Waals surface area contributed by atoms with Crippen LogP contribution in [0.1, 0.15) is 12.8 Å². The van der Waals surface area contributed by atoms with Crippen LogP contribution < -0.4 is 5.32 Å². The maximum absolute atomic E-state index is 11.7. The molecule has 4 heteroatoms. The van der Waals surface area contributed by atoms with Gasteiger partial charge in [-0.15, -0.1) is 11.3 Å². The monoisotopic (exact) mass is 224 g/mol. The number of amides is 1. The minimum Gasteiger partial charge on any atom is -0.318 e. The van der Waals surface area contributed by atoms with E-state index in [4.69, 9.17) is 0 Å². The highest BCUT2D eigenvalue weighted by Crippen LogP contribution is 2.20. The Bertz CT molecular complexity index is 323. The van der Waals surface area contributed by atoms with Crippen molar-refractivity contribution in [1.29, 1.82) is 0 Å². The Kier molecular flexibility index (Phi) is 3.38. The summed E-state index contributed by atoms with van der Waals surface area (Å²) in [6, 6.07) is 3.88. The van der Waals surface area contributed by atoms with Gasteiger partial charge in [-0.05, 0) is 43.4 Å². The van der Waals surface area contributed by atoms with Gasteiger partial charge in [0.15, 0.2) is 0 Å². The van der Waals surface area contributed by atoms with Crippen molar-refractivity contribution in [1.82, 2.24) is 4.90 Å². The van der Waals surface area contributed by atoms with Gasteiger partial charge in [0.25, 0.3) is 0 Å². The third-order valence-electron chi connectivity index (χ3n) is 2.75. The molecular weight excluding hydrogens is 208 g/mol. The van der Waals surface area contributed by atoms with Crippen LogP contribution in [0.25, 0.3) is 0 Å². The van der Waals surface area contributed by atoms with Crippen LogP contribution in [-0.2, 0) is 4.79 Å². The Morgan fingerprint density at radius 1 is 1.73 bits per heavy atom. The molecule has 0 bridgehead atoms. The van der Waals surface area contributed by atoms with Crippen molar-refractivity contribution in [3.05, 3.63) is 17.5 Å². The minimum atomic E-state index is 0.151. The molecule has 1 aromatic rings. The van der Waals surface area contributed by atoms with Crippen LogP contribution in [0.5, 0.6) is 0 Å². The molecule has 1 aliphatic heterocycles. The van der Waals surface area contributed by atoms with E-state index >= 15 is 0 Å². The Hall–Kier alpha value is -0.870. The predicted molar refractivity (Wildman–Crippen MR) is 63.2 cm³/mol. The van der Waals surface area contributed by atoms with Gasteiger partial charge in [0.1, 0.15) is 0 Å². The van der Waals surface area contributed by atoms with Gasteiger partial charge in [-0.2, -0.15) is 0 Å². The number of carbonyl (C=O) groups is 1. The molecule has 0 unspecified atom stereocenters. The number of anilines is 1. The SMILES string of the molecule is CN1CC[C@@H](CC(=O)Nc2cccs2)C1. The first kappa shape index (κ1) is 10.6. The fraction of sp³-hybridized carbons (Fsp3) is 0.545. The smallest absolute Gasteiger partial charge is 0.225 e.